The zero-order chi connectivity index (χ0) is 16.2. The molecule has 0 bridgehead atoms. The van der Waals surface area contributed by atoms with Gasteiger partial charge in [0.15, 0.2) is 0 Å². The smallest absolute Gasteiger partial charge is 0.306 e. The highest BCUT2D eigenvalue weighted by molar-refractivity contribution is 5.77. The third kappa shape index (κ3) is 3.80. The van der Waals surface area contributed by atoms with Gasteiger partial charge in [-0.25, -0.2) is 0 Å². The Kier molecular flexibility index (Phi) is 5.84. The molecule has 0 heterocycles. The van der Waals surface area contributed by atoms with Gasteiger partial charge in [-0.3, -0.25) is 9.59 Å². The maximum Gasteiger partial charge on any atom is 0.306 e. The van der Waals surface area contributed by atoms with Gasteiger partial charge in [-0.1, -0.05) is 6.42 Å². The van der Waals surface area contributed by atoms with Crippen molar-refractivity contribution in [2.45, 2.75) is 84.0 Å². The first-order valence-electron chi connectivity index (χ1n) is 8.58. The predicted molar refractivity (Wildman–Crippen MR) is 83.3 cm³/mol. The van der Waals surface area contributed by atoms with Crippen molar-refractivity contribution >= 4 is 11.9 Å². The lowest BCUT2D eigenvalue weighted by atomic mass is 9.52. The Morgan fingerprint density at radius 3 is 2.50 bits per heavy atom. The van der Waals surface area contributed by atoms with Gasteiger partial charge in [0.1, 0.15) is 6.10 Å². The molecule has 0 saturated heterocycles. The van der Waals surface area contributed by atoms with Crippen LogP contribution in [0, 0.1) is 5.41 Å². The third-order valence-corrected chi connectivity index (χ3v) is 4.87. The first-order valence-corrected chi connectivity index (χ1v) is 8.58. The second kappa shape index (κ2) is 7.44. The van der Waals surface area contributed by atoms with E-state index in [4.69, 9.17) is 9.47 Å². The number of hydrogen-bond donors (Lipinski definition) is 1. The zero-order valence-corrected chi connectivity index (χ0v) is 14.0. The first-order chi connectivity index (χ1) is 10.5. The quantitative estimate of drug-likeness (QED) is 0.700. The molecule has 5 heteroatoms. The van der Waals surface area contributed by atoms with E-state index in [9.17, 15) is 9.59 Å². The fourth-order valence-electron chi connectivity index (χ4n) is 3.55. The Balaban J connectivity index is 1.67. The average molecular weight is 311 g/mol. The van der Waals surface area contributed by atoms with E-state index in [1.54, 1.807) is 0 Å². The van der Waals surface area contributed by atoms with Crippen molar-refractivity contribution in [2.24, 2.45) is 5.41 Å². The average Bonchev–Trinajstić information content (AvgIpc) is 2.34. The van der Waals surface area contributed by atoms with Crippen LogP contribution in [0.5, 0.6) is 0 Å². The highest BCUT2D eigenvalue weighted by atomic mass is 16.6. The SMILES string of the molecule is CCO[C@@H]1C[C@@H](OC(=O)CCCC(=O)NC(C)C)C12CCC2. The van der Waals surface area contributed by atoms with E-state index in [1.165, 1.54) is 6.42 Å². The topological polar surface area (TPSA) is 64.6 Å². The van der Waals surface area contributed by atoms with Crippen LogP contribution < -0.4 is 5.32 Å². The number of rotatable bonds is 8. The van der Waals surface area contributed by atoms with Crippen LogP contribution in [0.1, 0.15) is 65.7 Å². The molecule has 0 aliphatic heterocycles. The van der Waals surface area contributed by atoms with Crippen molar-refractivity contribution in [3.8, 4) is 0 Å². The molecular formula is C17H29NO4. The largest absolute Gasteiger partial charge is 0.462 e. The summed E-state index contributed by atoms with van der Waals surface area (Å²) in [5.74, 6) is -0.179. The Labute approximate surface area is 133 Å². The highest BCUT2D eigenvalue weighted by Crippen LogP contribution is 2.58. The molecule has 2 aliphatic rings. The van der Waals surface area contributed by atoms with Crippen LogP contribution in [0.25, 0.3) is 0 Å². The number of carbonyl (C=O) groups excluding carboxylic acids is 2. The van der Waals surface area contributed by atoms with Gasteiger partial charge in [0.05, 0.1) is 6.10 Å². The molecule has 0 aromatic rings. The van der Waals surface area contributed by atoms with Crippen molar-refractivity contribution in [1.82, 2.24) is 5.32 Å². The molecule has 1 N–H and O–H groups in total. The number of esters is 1. The van der Waals surface area contributed by atoms with Crippen LogP contribution in [0.2, 0.25) is 0 Å². The van der Waals surface area contributed by atoms with E-state index in [1.807, 2.05) is 20.8 Å². The Bertz CT molecular complexity index is 403. The molecule has 2 rings (SSSR count). The predicted octanol–water partition coefficient (Wildman–Crippen LogP) is 2.57. The maximum absolute atomic E-state index is 11.9. The van der Waals surface area contributed by atoms with Crippen LogP contribution >= 0.6 is 0 Å². The second-order valence-electron chi connectivity index (χ2n) is 6.82. The van der Waals surface area contributed by atoms with Gasteiger partial charge in [-0.15, -0.1) is 0 Å². The van der Waals surface area contributed by atoms with Gasteiger partial charge in [0, 0.05) is 37.3 Å². The van der Waals surface area contributed by atoms with Gasteiger partial charge in [-0.2, -0.15) is 0 Å². The number of carbonyl (C=O) groups is 2. The van der Waals surface area contributed by atoms with E-state index in [0.29, 0.717) is 19.3 Å². The number of hydrogen-bond acceptors (Lipinski definition) is 4. The lowest BCUT2D eigenvalue weighted by molar-refractivity contribution is -0.238. The van der Waals surface area contributed by atoms with Crippen LogP contribution in [0.15, 0.2) is 0 Å². The lowest BCUT2D eigenvalue weighted by Gasteiger charge is -2.59. The molecule has 2 saturated carbocycles. The van der Waals surface area contributed by atoms with E-state index >= 15 is 0 Å². The van der Waals surface area contributed by atoms with Crippen molar-refractivity contribution < 1.29 is 19.1 Å². The van der Waals surface area contributed by atoms with Crippen molar-refractivity contribution in [3.63, 3.8) is 0 Å². The fraction of sp³-hybridized carbons (Fsp3) is 0.882. The van der Waals surface area contributed by atoms with Gasteiger partial charge in [0.25, 0.3) is 0 Å². The molecule has 1 amide bonds. The zero-order valence-electron chi connectivity index (χ0n) is 14.0. The van der Waals surface area contributed by atoms with Crippen LogP contribution in [0.3, 0.4) is 0 Å². The number of ether oxygens (including phenoxy) is 2. The molecule has 0 aromatic heterocycles. The molecule has 1 spiro atoms. The molecule has 0 unspecified atom stereocenters. The molecule has 5 nitrogen and oxygen atoms in total. The Hall–Kier alpha value is -1.10. The monoisotopic (exact) mass is 311 g/mol. The van der Waals surface area contributed by atoms with E-state index in [-0.39, 0.29) is 35.5 Å². The van der Waals surface area contributed by atoms with Crippen molar-refractivity contribution in [1.29, 1.82) is 0 Å². The summed E-state index contributed by atoms with van der Waals surface area (Å²) in [6, 6.07) is 0.142. The van der Waals surface area contributed by atoms with Gasteiger partial charge < -0.3 is 14.8 Å². The first kappa shape index (κ1) is 17.3. The summed E-state index contributed by atoms with van der Waals surface area (Å²) >= 11 is 0. The second-order valence-corrected chi connectivity index (χ2v) is 6.82. The van der Waals surface area contributed by atoms with E-state index in [0.717, 1.165) is 25.9 Å². The summed E-state index contributed by atoms with van der Waals surface area (Å²) in [6.07, 6.45) is 5.77. The summed E-state index contributed by atoms with van der Waals surface area (Å²) < 4.78 is 11.4. The molecule has 2 aliphatic carbocycles. The fourth-order valence-corrected chi connectivity index (χ4v) is 3.55. The molecule has 126 valence electrons. The Morgan fingerprint density at radius 1 is 1.23 bits per heavy atom. The minimum absolute atomic E-state index is 0.00156. The molecule has 22 heavy (non-hydrogen) atoms. The molecule has 2 atom stereocenters. The van der Waals surface area contributed by atoms with Crippen molar-refractivity contribution in [3.05, 3.63) is 0 Å². The maximum atomic E-state index is 11.9. The number of amides is 1. The van der Waals surface area contributed by atoms with Crippen LogP contribution in [-0.4, -0.2) is 36.7 Å². The minimum atomic E-state index is -0.177. The Morgan fingerprint density at radius 2 is 1.95 bits per heavy atom. The lowest BCUT2D eigenvalue weighted by Crippen LogP contribution is -2.63. The van der Waals surface area contributed by atoms with Crippen LogP contribution in [0.4, 0.5) is 0 Å². The summed E-state index contributed by atoms with van der Waals surface area (Å²) in [5.41, 5.74) is 0.0979. The van der Waals surface area contributed by atoms with Gasteiger partial charge >= 0.3 is 5.97 Å². The summed E-state index contributed by atoms with van der Waals surface area (Å²) in [7, 11) is 0. The standard InChI is InChI=1S/C17H29NO4/c1-4-21-13-11-14(17(13)9-6-10-17)22-16(20)8-5-7-15(19)18-12(2)3/h12-14H,4-11H2,1-3H3,(H,18,19)/t13-,14-/m1/s1. The normalized spacial score (nSPS) is 25.5. The van der Waals surface area contributed by atoms with E-state index in [2.05, 4.69) is 5.32 Å². The number of nitrogens with one attached hydrogen (secondary N) is 1. The minimum Gasteiger partial charge on any atom is -0.462 e. The third-order valence-electron chi connectivity index (χ3n) is 4.87. The molecule has 0 aromatic carbocycles. The highest BCUT2D eigenvalue weighted by Gasteiger charge is 2.60. The summed E-state index contributed by atoms with van der Waals surface area (Å²) in [5, 5.41) is 2.82. The van der Waals surface area contributed by atoms with Gasteiger partial charge in [-0.05, 0) is 40.0 Å². The summed E-state index contributed by atoms with van der Waals surface area (Å²) in [6.45, 7) is 6.58. The molecular weight excluding hydrogens is 282 g/mol. The van der Waals surface area contributed by atoms with Crippen LogP contribution in [-0.2, 0) is 19.1 Å². The van der Waals surface area contributed by atoms with E-state index < -0.39 is 0 Å². The molecule has 0 radical (unpaired) electrons. The summed E-state index contributed by atoms with van der Waals surface area (Å²) in [4.78, 5) is 23.5. The van der Waals surface area contributed by atoms with Crippen molar-refractivity contribution in [2.75, 3.05) is 6.61 Å². The molecule has 2 fully saturated rings. The van der Waals surface area contributed by atoms with Gasteiger partial charge in [0.2, 0.25) is 5.91 Å².